The number of hydrogen-bond acceptors (Lipinski definition) is 4. The number of esters is 1. The van der Waals surface area contributed by atoms with Crippen molar-refractivity contribution >= 4 is 23.4 Å². The number of ketones is 1. The molecular formula is C28H34ClN2O3+. The lowest BCUT2D eigenvalue weighted by Crippen LogP contribution is -2.66. The molecule has 0 radical (unpaired) electrons. The molecule has 4 aliphatic heterocycles. The van der Waals surface area contributed by atoms with Gasteiger partial charge in [0.15, 0.2) is 6.10 Å². The Morgan fingerprint density at radius 1 is 0.971 bits per heavy atom. The van der Waals surface area contributed by atoms with E-state index in [1.54, 1.807) is 0 Å². The molecule has 34 heavy (non-hydrogen) atoms. The zero-order chi connectivity index (χ0) is 23.5. The van der Waals surface area contributed by atoms with E-state index in [1.807, 2.05) is 54.6 Å². The zero-order valence-electron chi connectivity index (χ0n) is 19.7. The smallest absolute Gasteiger partial charge is 0.328 e. The standard InChI is InChI=1S/C28H34ClN2O3/c29-24-11-9-23(10-12-24)27(30-15-5-2-6-16-30)28(33)34-26-20-31(17-13-22(26)14-18-31)19-25(32)21-7-3-1-4-8-21/h1,3-4,7-12,22,26-27H,2,5-6,13-20H2/q+1/t22?,26-,27?,31?/m0/s1. The van der Waals surface area contributed by atoms with Gasteiger partial charge in [-0.05, 0) is 43.6 Å². The summed E-state index contributed by atoms with van der Waals surface area (Å²) in [7, 11) is 0. The van der Waals surface area contributed by atoms with E-state index in [-0.39, 0.29) is 17.9 Å². The minimum atomic E-state index is -0.396. The lowest BCUT2D eigenvalue weighted by atomic mass is 9.82. The number of likely N-dealkylation sites (tertiary alicyclic amines) is 1. The van der Waals surface area contributed by atoms with E-state index in [0.29, 0.717) is 17.5 Å². The highest BCUT2D eigenvalue weighted by Crippen LogP contribution is 2.37. The predicted molar refractivity (Wildman–Crippen MR) is 133 cm³/mol. The summed E-state index contributed by atoms with van der Waals surface area (Å²) in [6.45, 7) is 5.01. The minimum Gasteiger partial charge on any atom is -0.455 e. The number of benzene rings is 2. The van der Waals surface area contributed by atoms with E-state index in [0.717, 1.165) is 74.0 Å². The highest BCUT2D eigenvalue weighted by molar-refractivity contribution is 6.30. The second-order valence-corrected chi connectivity index (χ2v) is 10.7. The summed E-state index contributed by atoms with van der Waals surface area (Å²) in [5.41, 5.74) is 1.71. The summed E-state index contributed by atoms with van der Waals surface area (Å²) in [6.07, 6.45) is 5.30. The molecule has 4 heterocycles. The van der Waals surface area contributed by atoms with Crippen LogP contribution in [0.5, 0.6) is 0 Å². The number of carbonyl (C=O) groups is 2. The van der Waals surface area contributed by atoms with Crippen LogP contribution in [0.2, 0.25) is 5.02 Å². The summed E-state index contributed by atoms with van der Waals surface area (Å²) in [5.74, 6) is 0.414. The molecule has 0 aliphatic carbocycles. The van der Waals surface area contributed by atoms with Crippen molar-refractivity contribution in [3.8, 4) is 0 Å². The predicted octanol–water partition coefficient (Wildman–Crippen LogP) is 4.90. The number of fused-ring (bicyclic) bond motifs is 3. The van der Waals surface area contributed by atoms with Crippen molar-refractivity contribution < 1.29 is 18.8 Å². The first kappa shape index (κ1) is 23.5. The first-order valence-corrected chi connectivity index (χ1v) is 13.0. The fourth-order valence-corrected chi connectivity index (χ4v) is 6.25. The van der Waals surface area contributed by atoms with Crippen LogP contribution in [0.3, 0.4) is 0 Å². The average molecular weight is 482 g/mol. The Morgan fingerprint density at radius 3 is 2.32 bits per heavy atom. The van der Waals surface area contributed by atoms with E-state index in [2.05, 4.69) is 4.90 Å². The molecule has 4 fully saturated rings. The number of carbonyl (C=O) groups excluding carboxylic acids is 2. The molecule has 4 saturated heterocycles. The van der Waals surface area contributed by atoms with Crippen LogP contribution in [0.15, 0.2) is 54.6 Å². The molecule has 0 amide bonds. The quantitative estimate of drug-likeness (QED) is 0.320. The van der Waals surface area contributed by atoms with Gasteiger partial charge in [0, 0.05) is 29.3 Å². The normalized spacial score (nSPS) is 27.8. The molecule has 5 nitrogen and oxygen atoms in total. The van der Waals surface area contributed by atoms with Gasteiger partial charge in [-0.1, -0.05) is 60.5 Å². The maximum atomic E-state index is 13.6. The molecule has 2 aromatic rings. The molecule has 0 spiro atoms. The van der Waals surface area contributed by atoms with Gasteiger partial charge in [-0.3, -0.25) is 9.69 Å². The Balaban J connectivity index is 1.31. The highest BCUT2D eigenvalue weighted by atomic mass is 35.5. The van der Waals surface area contributed by atoms with Crippen molar-refractivity contribution in [1.29, 1.82) is 0 Å². The Kier molecular flexibility index (Phi) is 7.05. The molecule has 6 rings (SSSR count). The maximum absolute atomic E-state index is 13.6. The number of rotatable bonds is 7. The first-order chi connectivity index (χ1) is 16.5. The van der Waals surface area contributed by atoms with Crippen LogP contribution in [0.25, 0.3) is 0 Å². The largest absolute Gasteiger partial charge is 0.455 e. The van der Waals surface area contributed by atoms with Gasteiger partial charge in [0.2, 0.25) is 5.78 Å². The Morgan fingerprint density at radius 2 is 1.65 bits per heavy atom. The lowest BCUT2D eigenvalue weighted by molar-refractivity contribution is -0.938. The second kappa shape index (κ2) is 10.2. The van der Waals surface area contributed by atoms with Crippen LogP contribution >= 0.6 is 11.6 Å². The van der Waals surface area contributed by atoms with Crippen molar-refractivity contribution in [1.82, 2.24) is 4.90 Å². The van der Waals surface area contributed by atoms with E-state index in [9.17, 15) is 9.59 Å². The number of Topliss-reactive ketones (excluding diaryl/α,β-unsaturated/α-hetero) is 1. The molecule has 2 atom stereocenters. The van der Waals surface area contributed by atoms with Gasteiger partial charge < -0.3 is 9.22 Å². The third-order valence-electron chi connectivity index (χ3n) is 8.05. The molecule has 0 aromatic heterocycles. The van der Waals surface area contributed by atoms with Gasteiger partial charge in [0.05, 0.1) is 13.1 Å². The molecule has 2 aromatic carbocycles. The van der Waals surface area contributed by atoms with Crippen LogP contribution in [-0.4, -0.2) is 66.5 Å². The average Bonchev–Trinajstić information content (AvgIpc) is 2.87. The topological polar surface area (TPSA) is 46.6 Å². The van der Waals surface area contributed by atoms with Crippen LogP contribution in [-0.2, 0) is 9.53 Å². The van der Waals surface area contributed by atoms with Crippen molar-refractivity contribution in [2.45, 2.75) is 44.2 Å². The van der Waals surface area contributed by atoms with Crippen molar-refractivity contribution in [2.24, 2.45) is 5.92 Å². The van der Waals surface area contributed by atoms with Crippen LogP contribution in [0, 0.1) is 5.92 Å². The Bertz CT molecular complexity index is 996. The molecule has 0 saturated carbocycles. The molecule has 6 heteroatoms. The van der Waals surface area contributed by atoms with Crippen molar-refractivity contribution in [3.05, 3.63) is 70.7 Å². The third kappa shape index (κ3) is 5.07. The Hall–Kier alpha value is -2.21. The number of quaternary nitrogens is 1. The summed E-state index contributed by atoms with van der Waals surface area (Å²) < 4.78 is 7.03. The van der Waals surface area contributed by atoms with Crippen LogP contribution < -0.4 is 0 Å². The summed E-state index contributed by atoms with van der Waals surface area (Å²) in [4.78, 5) is 28.9. The minimum absolute atomic E-state index is 0.127. The third-order valence-corrected chi connectivity index (χ3v) is 8.30. The van der Waals surface area contributed by atoms with Gasteiger partial charge in [0.1, 0.15) is 19.1 Å². The highest BCUT2D eigenvalue weighted by Gasteiger charge is 2.49. The number of hydrogen-bond donors (Lipinski definition) is 0. The molecule has 4 aliphatic rings. The maximum Gasteiger partial charge on any atom is 0.328 e. The SMILES string of the molecule is O=C(C[N+]12CCC(CC1)[C@@H](OC(=O)C(c1ccc(Cl)cc1)N1CCCCC1)C2)c1ccccc1. The van der Waals surface area contributed by atoms with Gasteiger partial charge in [0.25, 0.3) is 0 Å². The van der Waals surface area contributed by atoms with Gasteiger partial charge in [-0.25, -0.2) is 4.79 Å². The fourth-order valence-electron chi connectivity index (χ4n) is 6.13. The van der Waals surface area contributed by atoms with Gasteiger partial charge in [-0.2, -0.15) is 0 Å². The number of nitrogens with zero attached hydrogens (tertiary/aromatic N) is 2. The van der Waals surface area contributed by atoms with Crippen molar-refractivity contribution in [2.75, 3.05) is 39.3 Å². The monoisotopic (exact) mass is 481 g/mol. The molecular weight excluding hydrogens is 448 g/mol. The number of piperidine rings is 4. The molecule has 1 unspecified atom stereocenters. The molecule has 2 bridgehead atoms. The first-order valence-electron chi connectivity index (χ1n) is 12.7. The second-order valence-electron chi connectivity index (χ2n) is 10.3. The van der Waals surface area contributed by atoms with Crippen LogP contribution in [0.1, 0.15) is 54.1 Å². The van der Waals surface area contributed by atoms with Crippen molar-refractivity contribution in [3.63, 3.8) is 0 Å². The molecule has 0 N–H and O–H groups in total. The Labute approximate surface area is 207 Å². The van der Waals surface area contributed by atoms with E-state index < -0.39 is 6.04 Å². The van der Waals surface area contributed by atoms with E-state index in [4.69, 9.17) is 16.3 Å². The van der Waals surface area contributed by atoms with E-state index >= 15 is 0 Å². The number of ether oxygens (including phenoxy) is 1. The number of halogens is 1. The van der Waals surface area contributed by atoms with Crippen LogP contribution in [0.4, 0.5) is 0 Å². The zero-order valence-corrected chi connectivity index (χ0v) is 20.5. The fraction of sp³-hybridized carbons (Fsp3) is 0.500. The lowest BCUT2D eigenvalue weighted by Gasteiger charge is -2.51. The molecule has 180 valence electrons. The summed E-state index contributed by atoms with van der Waals surface area (Å²) in [5, 5.41) is 0.668. The van der Waals surface area contributed by atoms with E-state index in [1.165, 1.54) is 6.42 Å². The summed E-state index contributed by atoms with van der Waals surface area (Å²) in [6, 6.07) is 16.8. The van der Waals surface area contributed by atoms with Gasteiger partial charge >= 0.3 is 5.97 Å². The van der Waals surface area contributed by atoms with Gasteiger partial charge in [-0.15, -0.1) is 0 Å². The summed E-state index contributed by atoms with van der Waals surface area (Å²) >= 11 is 6.12.